The molecule has 0 spiro atoms. The van der Waals surface area contributed by atoms with Gasteiger partial charge in [-0.25, -0.2) is 4.98 Å². The lowest BCUT2D eigenvalue weighted by Crippen LogP contribution is -2.49. The number of hydrogen-bond donors (Lipinski definition) is 1. The molecule has 2 atom stereocenters. The van der Waals surface area contributed by atoms with Crippen molar-refractivity contribution in [3.63, 3.8) is 0 Å². The number of morpholine rings is 1. The molecule has 0 unspecified atom stereocenters. The van der Waals surface area contributed by atoms with Gasteiger partial charge in [-0.2, -0.15) is 0 Å². The topological polar surface area (TPSA) is 62.7 Å². The predicted molar refractivity (Wildman–Crippen MR) is 117 cm³/mol. The summed E-state index contributed by atoms with van der Waals surface area (Å²) < 4.78 is 5.75. The van der Waals surface area contributed by atoms with Crippen molar-refractivity contribution in [3.8, 4) is 0 Å². The highest BCUT2D eigenvalue weighted by Crippen LogP contribution is 2.31. The number of aromatic nitrogens is 1. The van der Waals surface area contributed by atoms with E-state index < -0.39 is 6.10 Å². The number of amides is 1. The minimum atomic E-state index is -0.431. The van der Waals surface area contributed by atoms with Gasteiger partial charge in [-0.15, -0.1) is 11.8 Å². The maximum atomic E-state index is 13.3. The molecule has 1 fully saturated rings. The fourth-order valence-corrected chi connectivity index (χ4v) is 4.47. The molecule has 2 heterocycles. The highest BCUT2D eigenvalue weighted by molar-refractivity contribution is 7.98. The Labute approximate surface area is 180 Å². The second kappa shape index (κ2) is 9.89. The van der Waals surface area contributed by atoms with E-state index in [2.05, 4.69) is 4.98 Å². The lowest BCUT2D eigenvalue weighted by atomic mass is 9.97. The van der Waals surface area contributed by atoms with Crippen LogP contribution in [0.3, 0.4) is 0 Å². The van der Waals surface area contributed by atoms with Crippen LogP contribution < -0.4 is 0 Å². The zero-order chi connectivity index (χ0) is 20.8. The number of carbonyl (C=O) groups is 1. The van der Waals surface area contributed by atoms with Crippen molar-refractivity contribution in [2.75, 3.05) is 19.8 Å². The summed E-state index contributed by atoms with van der Waals surface area (Å²) in [5.41, 5.74) is 2.74. The lowest BCUT2D eigenvalue weighted by molar-refractivity contribution is -0.0811. The zero-order valence-electron chi connectivity index (χ0n) is 16.6. The van der Waals surface area contributed by atoms with Crippen LogP contribution in [0.25, 0.3) is 0 Å². The summed E-state index contributed by atoms with van der Waals surface area (Å²) in [6.07, 6.45) is 1.36. The van der Waals surface area contributed by atoms with Gasteiger partial charge in [0, 0.05) is 24.1 Å². The van der Waals surface area contributed by atoms with Gasteiger partial charge in [0.25, 0.3) is 5.91 Å². The van der Waals surface area contributed by atoms with E-state index in [1.165, 1.54) is 0 Å². The Morgan fingerprint density at radius 1 is 1.07 bits per heavy atom. The molecule has 0 radical (unpaired) electrons. The Balaban J connectivity index is 1.49. The van der Waals surface area contributed by atoms with Gasteiger partial charge in [0.15, 0.2) is 0 Å². The lowest BCUT2D eigenvalue weighted by Gasteiger charge is -2.41. The van der Waals surface area contributed by atoms with Crippen LogP contribution in [-0.2, 0) is 10.5 Å². The van der Waals surface area contributed by atoms with Crippen LogP contribution in [0.2, 0.25) is 0 Å². The van der Waals surface area contributed by atoms with E-state index in [9.17, 15) is 9.90 Å². The van der Waals surface area contributed by atoms with Gasteiger partial charge in [0.05, 0.1) is 24.3 Å². The van der Waals surface area contributed by atoms with E-state index in [0.29, 0.717) is 18.7 Å². The summed E-state index contributed by atoms with van der Waals surface area (Å²) in [6.45, 7) is 0.776. The Bertz CT molecular complexity index is 951. The maximum Gasteiger partial charge on any atom is 0.254 e. The van der Waals surface area contributed by atoms with Crippen molar-refractivity contribution in [2.45, 2.75) is 22.9 Å². The quantitative estimate of drug-likeness (QED) is 0.612. The van der Waals surface area contributed by atoms with Crippen molar-refractivity contribution < 1.29 is 14.6 Å². The molecule has 1 N–H and O–H groups in total. The van der Waals surface area contributed by atoms with Crippen molar-refractivity contribution in [2.24, 2.45) is 0 Å². The van der Waals surface area contributed by atoms with E-state index in [4.69, 9.17) is 4.74 Å². The minimum Gasteiger partial charge on any atom is -0.394 e. The van der Waals surface area contributed by atoms with Crippen LogP contribution >= 0.6 is 11.8 Å². The molecule has 0 saturated carbocycles. The zero-order valence-corrected chi connectivity index (χ0v) is 17.4. The van der Waals surface area contributed by atoms with E-state index in [1.54, 1.807) is 18.0 Å². The third-order valence-corrected chi connectivity index (χ3v) is 6.17. The Kier molecular flexibility index (Phi) is 6.79. The fraction of sp³-hybridized carbons (Fsp3) is 0.250. The molecule has 0 bridgehead atoms. The van der Waals surface area contributed by atoms with Crippen molar-refractivity contribution in [1.82, 2.24) is 9.88 Å². The number of carbonyl (C=O) groups excluding carboxylic acids is 1. The molecule has 2 aromatic carbocycles. The average Bonchev–Trinajstić information content (AvgIpc) is 2.83. The van der Waals surface area contributed by atoms with Crippen molar-refractivity contribution in [3.05, 3.63) is 95.7 Å². The molecule has 1 aromatic heterocycles. The van der Waals surface area contributed by atoms with Crippen LogP contribution in [-0.4, -0.2) is 46.8 Å². The summed E-state index contributed by atoms with van der Waals surface area (Å²) >= 11 is 1.67. The Morgan fingerprint density at radius 2 is 1.83 bits per heavy atom. The van der Waals surface area contributed by atoms with E-state index in [1.807, 2.05) is 77.7 Å². The summed E-state index contributed by atoms with van der Waals surface area (Å²) in [4.78, 5) is 19.4. The monoisotopic (exact) mass is 420 g/mol. The molecule has 30 heavy (non-hydrogen) atoms. The van der Waals surface area contributed by atoms with Crippen LogP contribution in [0.1, 0.15) is 27.5 Å². The standard InChI is InChI=1S/C24H24N2O3S/c27-16-21-23(19-6-2-1-3-7-19)26(14-15-29-21)24(28)20-11-9-18(10-12-20)17-30-22-8-4-5-13-25-22/h1-13,21,23,27H,14-17H2/t21-,23-/m1/s1. The van der Waals surface area contributed by atoms with Gasteiger partial charge < -0.3 is 14.7 Å². The van der Waals surface area contributed by atoms with Gasteiger partial charge >= 0.3 is 0 Å². The van der Waals surface area contributed by atoms with Crippen molar-refractivity contribution in [1.29, 1.82) is 0 Å². The maximum absolute atomic E-state index is 13.3. The number of ether oxygens (including phenoxy) is 1. The first-order chi connectivity index (χ1) is 14.8. The molecule has 1 aliphatic rings. The van der Waals surface area contributed by atoms with Gasteiger partial charge in [-0.3, -0.25) is 4.79 Å². The highest BCUT2D eigenvalue weighted by Gasteiger charge is 2.36. The third-order valence-electron chi connectivity index (χ3n) is 5.16. The average molecular weight is 421 g/mol. The molecule has 5 nitrogen and oxygen atoms in total. The van der Waals surface area contributed by atoms with Crippen LogP contribution in [0.15, 0.2) is 84.0 Å². The summed E-state index contributed by atoms with van der Waals surface area (Å²) in [6, 6.07) is 23.1. The van der Waals surface area contributed by atoms with E-state index in [-0.39, 0.29) is 18.6 Å². The van der Waals surface area contributed by atoms with Crippen molar-refractivity contribution >= 4 is 17.7 Å². The van der Waals surface area contributed by atoms with E-state index in [0.717, 1.165) is 21.9 Å². The molecular formula is C24H24N2O3S. The Morgan fingerprint density at radius 3 is 2.53 bits per heavy atom. The molecule has 3 aromatic rings. The molecule has 154 valence electrons. The first-order valence-corrected chi connectivity index (χ1v) is 11.0. The number of hydrogen-bond acceptors (Lipinski definition) is 5. The minimum absolute atomic E-state index is 0.0467. The number of thioether (sulfide) groups is 1. The van der Waals surface area contributed by atoms with Crippen LogP contribution in [0.4, 0.5) is 0 Å². The largest absolute Gasteiger partial charge is 0.394 e. The SMILES string of the molecule is O=C(c1ccc(CSc2ccccn2)cc1)N1CCO[C@H](CO)[C@H]1c1ccccc1. The Hall–Kier alpha value is -2.67. The summed E-state index contributed by atoms with van der Waals surface area (Å²) in [5.74, 6) is 0.747. The normalized spacial score (nSPS) is 18.9. The highest BCUT2D eigenvalue weighted by atomic mass is 32.2. The number of rotatable bonds is 6. The van der Waals surface area contributed by atoms with Crippen LogP contribution in [0.5, 0.6) is 0 Å². The summed E-state index contributed by atoms with van der Waals surface area (Å²) in [5, 5.41) is 10.8. The molecule has 1 amide bonds. The first-order valence-electron chi connectivity index (χ1n) is 9.97. The molecule has 0 aliphatic carbocycles. The fourth-order valence-electron chi connectivity index (χ4n) is 3.66. The predicted octanol–water partition coefficient (Wildman–Crippen LogP) is 3.95. The van der Waals surface area contributed by atoms with Gasteiger partial charge in [-0.05, 0) is 35.4 Å². The smallest absolute Gasteiger partial charge is 0.254 e. The van der Waals surface area contributed by atoms with Gasteiger partial charge in [-0.1, -0.05) is 48.5 Å². The second-order valence-corrected chi connectivity index (χ2v) is 8.10. The molecule has 4 rings (SSSR count). The number of pyridine rings is 1. The second-order valence-electron chi connectivity index (χ2n) is 7.10. The molecular weight excluding hydrogens is 396 g/mol. The van der Waals surface area contributed by atoms with Gasteiger partial charge in [0.1, 0.15) is 6.10 Å². The van der Waals surface area contributed by atoms with Gasteiger partial charge in [0.2, 0.25) is 0 Å². The molecule has 6 heteroatoms. The molecule has 1 aliphatic heterocycles. The van der Waals surface area contributed by atoms with Crippen LogP contribution in [0, 0.1) is 0 Å². The number of nitrogens with zero attached hydrogens (tertiary/aromatic N) is 2. The number of benzene rings is 2. The first kappa shape index (κ1) is 20.6. The summed E-state index contributed by atoms with van der Waals surface area (Å²) in [7, 11) is 0. The van der Waals surface area contributed by atoms with E-state index >= 15 is 0 Å². The number of aliphatic hydroxyl groups excluding tert-OH is 1. The molecule has 1 saturated heterocycles. The number of aliphatic hydroxyl groups is 1. The third kappa shape index (κ3) is 4.73.